The van der Waals surface area contributed by atoms with Gasteiger partial charge in [0.25, 0.3) is 0 Å². The van der Waals surface area contributed by atoms with Crippen LogP contribution in [0.15, 0.2) is 26.5 Å². The van der Waals surface area contributed by atoms with E-state index < -0.39 is 23.5 Å². The predicted molar refractivity (Wildman–Crippen MR) is 76.9 cm³/mol. The normalized spacial score (nSPS) is 12.7. The van der Waals surface area contributed by atoms with E-state index in [0.717, 1.165) is 25.3 Å². The van der Waals surface area contributed by atoms with Gasteiger partial charge >= 0.3 is 0 Å². The van der Waals surface area contributed by atoms with Gasteiger partial charge in [0.1, 0.15) is 0 Å². The summed E-state index contributed by atoms with van der Waals surface area (Å²) in [6.07, 6.45) is 0. The molecule has 2 rings (SSSR count). The van der Waals surface area contributed by atoms with Crippen LogP contribution in [-0.2, 0) is 0 Å². The molecule has 0 saturated heterocycles. The molecule has 0 fully saturated rings. The second-order valence-corrected chi connectivity index (χ2v) is 7.05. The number of hydrogen-bond donors (Lipinski definition) is 1. The minimum Gasteiger partial charge on any atom is -0.309 e. The quantitative estimate of drug-likeness (QED) is 0.697. The highest BCUT2D eigenvalue weighted by molar-refractivity contribution is 9.13. The first-order valence-corrected chi connectivity index (χ1v) is 7.60. The van der Waals surface area contributed by atoms with Crippen LogP contribution in [0.2, 0.25) is 0 Å². The monoisotopic (exact) mass is 413 g/mol. The lowest BCUT2D eigenvalue weighted by atomic mass is 10.0. The van der Waals surface area contributed by atoms with Crippen molar-refractivity contribution in [3.8, 4) is 0 Å². The van der Waals surface area contributed by atoms with Crippen LogP contribution >= 0.6 is 43.2 Å². The van der Waals surface area contributed by atoms with Crippen molar-refractivity contribution >= 4 is 43.2 Å². The summed E-state index contributed by atoms with van der Waals surface area (Å²) >= 11 is 8.14. The van der Waals surface area contributed by atoms with Gasteiger partial charge in [0, 0.05) is 9.35 Å². The molecule has 1 aromatic heterocycles. The van der Waals surface area contributed by atoms with Gasteiger partial charge in [0.15, 0.2) is 17.5 Å². The highest BCUT2D eigenvalue weighted by atomic mass is 79.9. The molecule has 0 bridgehead atoms. The first-order chi connectivity index (χ1) is 8.93. The van der Waals surface area contributed by atoms with Crippen molar-refractivity contribution in [1.29, 1.82) is 0 Å². The summed E-state index contributed by atoms with van der Waals surface area (Å²) in [6, 6.07) is 3.44. The fourth-order valence-electron chi connectivity index (χ4n) is 1.72. The summed E-state index contributed by atoms with van der Waals surface area (Å²) in [6.45, 7) is 0. The molecule has 102 valence electrons. The van der Waals surface area contributed by atoms with Crippen molar-refractivity contribution in [2.24, 2.45) is 0 Å². The maximum atomic E-state index is 13.3. The van der Waals surface area contributed by atoms with E-state index in [0.29, 0.717) is 5.56 Å². The minimum absolute atomic E-state index is 0.333. The summed E-state index contributed by atoms with van der Waals surface area (Å²) in [4.78, 5) is 0.853. The summed E-state index contributed by atoms with van der Waals surface area (Å²) in [7, 11) is 1.67. The Labute approximate surface area is 129 Å². The summed E-state index contributed by atoms with van der Waals surface area (Å²) in [5.41, 5.74) is 0.333. The first-order valence-electron chi connectivity index (χ1n) is 5.20. The lowest BCUT2D eigenvalue weighted by molar-refractivity contribution is 0.443. The molecule has 1 aromatic carbocycles. The lowest BCUT2D eigenvalue weighted by Crippen LogP contribution is -2.17. The summed E-state index contributed by atoms with van der Waals surface area (Å²) in [5.74, 6) is -3.83. The van der Waals surface area contributed by atoms with E-state index in [1.54, 1.807) is 7.05 Å². The Hall–Kier alpha value is -0.370. The fourth-order valence-corrected chi connectivity index (χ4v) is 3.95. The molecule has 19 heavy (non-hydrogen) atoms. The van der Waals surface area contributed by atoms with Crippen molar-refractivity contribution in [1.82, 2.24) is 5.32 Å². The Morgan fingerprint density at radius 2 is 1.68 bits per heavy atom. The van der Waals surface area contributed by atoms with Crippen molar-refractivity contribution in [3.63, 3.8) is 0 Å². The molecule has 0 aliphatic heterocycles. The van der Waals surface area contributed by atoms with E-state index in [9.17, 15) is 13.2 Å². The highest BCUT2D eigenvalue weighted by Crippen LogP contribution is 2.37. The number of nitrogens with one attached hydrogen (secondary N) is 1. The third-order valence-corrected chi connectivity index (χ3v) is 5.90. The van der Waals surface area contributed by atoms with E-state index in [1.165, 1.54) is 11.3 Å². The van der Waals surface area contributed by atoms with E-state index in [2.05, 4.69) is 37.2 Å². The maximum Gasteiger partial charge on any atom is 0.194 e. The van der Waals surface area contributed by atoms with E-state index in [-0.39, 0.29) is 0 Å². The minimum atomic E-state index is -1.45. The Morgan fingerprint density at radius 1 is 1.11 bits per heavy atom. The summed E-state index contributed by atoms with van der Waals surface area (Å²) < 4.78 is 41.3. The van der Waals surface area contributed by atoms with E-state index >= 15 is 0 Å². The number of halogens is 5. The third kappa shape index (κ3) is 3.04. The molecule has 0 spiro atoms. The van der Waals surface area contributed by atoms with Crippen LogP contribution in [-0.4, -0.2) is 7.05 Å². The predicted octanol–water partition coefficient (Wildman–Crippen LogP) is 5.00. The second kappa shape index (κ2) is 5.95. The zero-order valence-electron chi connectivity index (χ0n) is 9.61. The Morgan fingerprint density at radius 3 is 2.11 bits per heavy atom. The second-order valence-electron chi connectivity index (χ2n) is 3.79. The average molecular weight is 415 g/mol. The molecular formula is C12H8Br2F3NS. The maximum absolute atomic E-state index is 13.3. The Kier molecular flexibility index (Phi) is 4.70. The van der Waals surface area contributed by atoms with Crippen molar-refractivity contribution in [2.45, 2.75) is 6.04 Å². The first kappa shape index (κ1) is 15.0. The van der Waals surface area contributed by atoms with Crippen LogP contribution in [0.3, 0.4) is 0 Å². The van der Waals surface area contributed by atoms with E-state index in [4.69, 9.17) is 0 Å². The largest absolute Gasteiger partial charge is 0.309 e. The van der Waals surface area contributed by atoms with Gasteiger partial charge in [-0.15, -0.1) is 11.3 Å². The SMILES string of the molecule is CNC(c1cc(F)c(F)c(F)c1)c1cc(Br)c(Br)s1. The number of benzene rings is 1. The number of rotatable bonds is 3. The van der Waals surface area contributed by atoms with Crippen LogP contribution in [0.25, 0.3) is 0 Å². The van der Waals surface area contributed by atoms with Crippen LogP contribution in [0, 0.1) is 17.5 Å². The van der Waals surface area contributed by atoms with Crippen molar-refractivity contribution < 1.29 is 13.2 Å². The molecule has 1 unspecified atom stereocenters. The lowest BCUT2D eigenvalue weighted by Gasteiger charge is -2.15. The fraction of sp³-hybridized carbons (Fsp3) is 0.167. The molecular weight excluding hydrogens is 407 g/mol. The molecule has 0 saturated carbocycles. The Balaban J connectivity index is 2.48. The molecule has 0 amide bonds. The molecule has 1 nitrogen and oxygen atoms in total. The van der Waals surface area contributed by atoms with Gasteiger partial charge in [-0.1, -0.05) is 0 Å². The molecule has 1 heterocycles. The highest BCUT2D eigenvalue weighted by Gasteiger charge is 2.20. The van der Waals surface area contributed by atoms with Gasteiger partial charge in [0.2, 0.25) is 0 Å². The molecule has 1 atom stereocenters. The molecule has 1 N–H and O–H groups in total. The summed E-state index contributed by atoms with van der Waals surface area (Å²) in [5, 5.41) is 2.96. The van der Waals surface area contributed by atoms with Gasteiger partial charge in [-0.25, -0.2) is 13.2 Å². The number of thiophene rings is 1. The zero-order chi connectivity index (χ0) is 14.2. The van der Waals surface area contributed by atoms with Gasteiger partial charge in [0.05, 0.1) is 9.83 Å². The standard InChI is InChI=1S/C12H8Br2F3NS/c1-18-11(9-4-6(13)12(14)19-9)5-2-7(15)10(17)8(16)3-5/h2-4,11,18H,1H3. The number of hydrogen-bond acceptors (Lipinski definition) is 2. The Bertz CT molecular complexity index is 573. The van der Waals surface area contributed by atoms with Gasteiger partial charge < -0.3 is 5.32 Å². The van der Waals surface area contributed by atoms with E-state index in [1.807, 2.05) is 6.07 Å². The zero-order valence-corrected chi connectivity index (χ0v) is 13.6. The molecule has 0 aliphatic carbocycles. The third-order valence-electron chi connectivity index (χ3n) is 2.58. The smallest absolute Gasteiger partial charge is 0.194 e. The molecule has 2 aromatic rings. The molecule has 7 heteroatoms. The van der Waals surface area contributed by atoms with Crippen LogP contribution in [0.1, 0.15) is 16.5 Å². The van der Waals surface area contributed by atoms with Gasteiger partial charge in [-0.05, 0) is 62.7 Å². The van der Waals surface area contributed by atoms with Crippen molar-refractivity contribution in [3.05, 3.63) is 54.4 Å². The van der Waals surface area contributed by atoms with Crippen LogP contribution in [0.4, 0.5) is 13.2 Å². The molecule has 0 aliphatic rings. The van der Waals surface area contributed by atoms with Crippen LogP contribution < -0.4 is 5.32 Å². The van der Waals surface area contributed by atoms with Crippen LogP contribution in [0.5, 0.6) is 0 Å². The molecule has 0 radical (unpaired) electrons. The van der Waals surface area contributed by atoms with Crippen molar-refractivity contribution in [2.75, 3.05) is 7.05 Å². The topological polar surface area (TPSA) is 12.0 Å². The average Bonchev–Trinajstić information content (AvgIpc) is 2.67. The van der Waals surface area contributed by atoms with Gasteiger partial charge in [-0.3, -0.25) is 0 Å². The van der Waals surface area contributed by atoms with Gasteiger partial charge in [-0.2, -0.15) is 0 Å².